The Kier molecular flexibility index (Phi) is 3.93. The zero-order valence-electron chi connectivity index (χ0n) is 9.03. The van der Waals surface area contributed by atoms with E-state index in [0.717, 1.165) is 0 Å². The molecule has 4 nitrogen and oxygen atoms in total. The van der Waals surface area contributed by atoms with Gasteiger partial charge in [0.1, 0.15) is 0 Å². The first kappa shape index (κ1) is 12.6. The highest BCUT2D eigenvalue weighted by Gasteiger charge is 2.16. The lowest BCUT2D eigenvalue weighted by Crippen LogP contribution is -2.25. The normalized spacial score (nSPS) is 11.0. The minimum absolute atomic E-state index is 0.199. The molecule has 0 aliphatic rings. The number of hydrogen-bond acceptors (Lipinski definition) is 3. The van der Waals surface area contributed by atoms with Gasteiger partial charge in [-0.1, -0.05) is 6.07 Å². The van der Waals surface area contributed by atoms with Gasteiger partial charge in [-0.15, -0.1) is 12.3 Å². The third-order valence-corrected chi connectivity index (χ3v) is 3.78. The van der Waals surface area contributed by atoms with Crippen LogP contribution in [0.4, 0.5) is 5.69 Å². The SMILES string of the molecule is C#CCCNS(=O)(=O)c1cccc(N)c1C. The van der Waals surface area contributed by atoms with Crippen LogP contribution in [0.3, 0.4) is 0 Å². The Morgan fingerprint density at radius 2 is 2.19 bits per heavy atom. The molecule has 0 saturated carbocycles. The van der Waals surface area contributed by atoms with E-state index < -0.39 is 10.0 Å². The molecule has 0 aliphatic heterocycles. The molecule has 0 amide bonds. The first-order valence-electron chi connectivity index (χ1n) is 4.77. The van der Waals surface area contributed by atoms with Crippen LogP contribution in [0.25, 0.3) is 0 Å². The van der Waals surface area contributed by atoms with Crippen LogP contribution in [0.15, 0.2) is 23.1 Å². The summed E-state index contributed by atoms with van der Waals surface area (Å²) in [5.74, 6) is 2.37. The molecule has 3 N–H and O–H groups in total. The Bertz CT molecular complexity index is 515. The number of benzene rings is 1. The van der Waals surface area contributed by atoms with Gasteiger partial charge in [0.05, 0.1) is 4.90 Å². The second kappa shape index (κ2) is 5.01. The van der Waals surface area contributed by atoms with Gasteiger partial charge in [-0.2, -0.15) is 0 Å². The second-order valence-corrected chi connectivity index (χ2v) is 5.06. The van der Waals surface area contributed by atoms with Crippen molar-refractivity contribution in [2.75, 3.05) is 12.3 Å². The van der Waals surface area contributed by atoms with E-state index in [4.69, 9.17) is 12.2 Å². The largest absolute Gasteiger partial charge is 0.398 e. The maximum absolute atomic E-state index is 11.8. The highest BCUT2D eigenvalue weighted by Crippen LogP contribution is 2.19. The van der Waals surface area contributed by atoms with Crippen LogP contribution >= 0.6 is 0 Å². The molecule has 0 unspecified atom stereocenters. The van der Waals surface area contributed by atoms with Crippen LogP contribution in [0, 0.1) is 19.3 Å². The van der Waals surface area contributed by atoms with Gasteiger partial charge in [-0.05, 0) is 24.6 Å². The van der Waals surface area contributed by atoms with Crippen LogP contribution in [-0.2, 0) is 10.0 Å². The van der Waals surface area contributed by atoms with Crippen LogP contribution in [-0.4, -0.2) is 15.0 Å². The van der Waals surface area contributed by atoms with Crippen LogP contribution < -0.4 is 10.5 Å². The third kappa shape index (κ3) is 2.75. The summed E-state index contributed by atoms with van der Waals surface area (Å²) in [5, 5.41) is 0. The number of nitrogens with two attached hydrogens (primary N) is 1. The standard InChI is InChI=1S/C11H14N2O2S/c1-3-4-8-13-16(14,15)11-7-5-6-10(12)9(11)2/h1,5-7,13H,4,8,12H2,2H3. The van der Waals surface area contributed by atoms with E-state index in [-0.39, 0.29) is 11.4 Å². The van der Waals surface area contributed by atoms with Crippen LogP contribution in [0.5, 0.6) is 0 Å². The minimum Gasteiger partial charge on any atom is -0.398 e. The van der Waals surface area contributed by atoms with Crippen molar-refractivity contribution in [1.29, 1.82) is 0 Å². The molecule has 0 fully saturated rings. The van der Waals surface area contributed by atoms with Gasteiger partial charge < -0.3 is 5.73 Å². The molecule has 1 aromatic carbocycles. The van der Waals surface area contributed by atoms with E-state index in [1.807, 2.05) is 0 Å². The second-order valence-electron chi connectivity index (χ2n) is 3.32. The predicted octanol–water partition coefficient (Wildman–Crippen LogP) is 0.879. The Balaban J connectivity index is 3.00. The number of anilines is 1. The number of nitrogen functional groups attached to an aromatic ring is 1. The molecule has 0 aromatic heterocycles. The maximum Gasteiger partial charge on any atom is 0.240 e. The Morgan fingerprint density at radius 1 is 1.50 bits per heavy atom. The topological polar surface area (TPSA) is 72.2 Å². The van der Waals surface area contributed by atoms with Crippen molar-refractivity contribution >= 4 is 15.7 Å². The Hall–Kier alpha value is -1.51. The molecule has 1 aromatic rings. The van der Waals surface area contributed by atoms with Gasteiger partial charge in [0.2, 0.25) is 10.0 Å². The van der Waals surface area contributed by atoms with Gasteiger partial charge in [0.25, 0.3) is 0 Å². The summed E-state index contributed by atoms with van der Waals surface area (Å²) in [6.45, 7) is 1.90. The summed E-state index contributed by atoms with van der Waals surface area (Å²) >= 11 is 0. The monoisotopic (exact) mass is 238 g/mol. The molecule has 1 rings (SSSR count). The smallest absolute Gasteiger partial charge is 0.240 e. The lowest BCUT2D eigenvalue weighted by molar-refractivity contribution is 0.582. The van der Waals surface area contributed by atoms with Crippen molar-refractivity contribution in [2.24, 2.45) is 0 Å². The van der Waals surface area contributed by atoms with Crippen molar-refractivity contribution in [2.45, 2.75) is 18.2 Å². The third-order valence-electron chi connectivity index (χ3n) is 2.18. The maximum atomic E-state index is 11.8. The average molecular weight is 238 g/mol. The Morgan fingerprint density at radius 3 is 2.81 bits per heavy atom. The molecule has 16 heavy (non-hydrogen) atoms. The van der Waals surface area contributed by atoms with Crippen molar-refractivity contribution in [1.82, 2.24) is 4.72 Å². The molecular weight excluding hydrogens is 224 g/mol. The molecule has 0 bridgehead atoms. The van der Waals surface area contributed by atoms with E-state index in [2.05, 4.69) is 10.6 Å². The van der Waals surface area contributed by atoms with E-state index in [9.17, 15) is 8.42 Å². The van der Waals surface area contributed by atoms with E-state index in [1.165, 1.54) is 6.07 Å². The van der Waals surface area contributed by atoms with Gasteiger partial charge in [0.15, 0.2) is 0 Å². The lowest BCUT2D eigenvalue weighted by Gasteiger charge is -2.09. The van der Waals surface area contributed by atoms with Crippen LogP contribution in [0.1, 0.15) is 12.0 Å². The lowest BCUT2D eigenvalue weighted by atomic mass is 10.2. The summed E-state index contributed by atoms with van der Waals surface area (Å²) in [6, 6.07) is 4.79. The highest BCUT2D eigenvalue weighted by atomic mass is 32.2. The zero-order chi connectivity index (χ0) is 12.2. The number of nitrogens with one attached hydrogen (secondary N) is 1. The van der Waals surface area contributed by atoms with E-state index in [0.29, 0.717) is 17.7 Å². The average Bonchev–Trinajstić information content (AvgIpc) is 2.22. The van der Waals surface area contributed by atoms with Gasteiger partial charge in [0, 0.05) is 18.7 Å². The fraction of sp³-hybridized carbons (Fsp3) is 0.273. The number of hydrogen-bond donors (Lipinski definition) is 2. The molecule has 86 valence electrons. The minimum atomic E-state index is -3.51. The molecule has 0 atom stereocenters. The molecule has 0 spiro atoms. The first-order valence-corrected chi connectivity index (χ1v) is 6.25. The van der Waals surface area contributed by atoms with Crippen molar-refractivity contribution in [3.05, 3.63) is 23.8 Å². The predicted molar refractivity (Wildman–Crippen MR) is 64.2 cm³/mol. The van der Waals surface area contributed by atoms with Crippen molar-refractivity contribution in [3.8, 4) is 12.3 Å². The molecule has 0 saturated heterocycles. The summed E-state index contributed by atoms with van der Waals surface area (Å²) < 4.78 is 26.1. The highest BCUT2D eigenvalue weighted by molar-refractivity contribution is 7.89. The summed E-state index contributed by atoms with van der Waals surface area (Å²) in [6.07, 6.45) is 5.41. The number of terminal acetylenes is 1. The van der Waals surface area contributed by atoms with Crippen molar-refractivity contribution < 1.29 is 8.42 Å². The van der Waals surface area contributed by atoms with E-state index >= 15 is 0 Å². The fourth-order valence-corrected chi connectivity index (χ4v) is 2.56. The first-order chi connectivity index (χ1) is 7.49. The van der Waals surface area contributed by atoms with Crippen molar-refractivity contribution in [3.63, 3.8) is 0 Å². The Labute approximate surface area is 95.9 Å². The summed E-state index contributed by atoms with van der Waals surface area (Å²) in [4.78, 5) is 0.199. The molecule has 0 aliphatic carbocycles. The zero-order valence-corrected chi connectivity index (χ0v) is 9.84. The van der Waals surface area contributed by atoms with Gasteiger partial charge in [-0.3, -0.25) is 0 Å². The molecule has 0 heterocycles. The van der Waals surface area contributed by atoms with Gasteiger partial charge >= 0.3 is 0 Å². The quantitative estimate of drug-likeness (QED) is 0.464. The molecule has 0 radical (unpaired) electrons. The fourth-order valence-electron chi connectivity index (χ4n) is 1.26. The number of sulfonamides is 1. The van der Waals surface area contributed by atoms with E-state index in [1.54, 1.807) is 19.1 Å². The van der Waals surface area contributed by atoms with Crippen LogP contribution in [0.2, 0.25) is 0 Å². The van der Waals surface area contributed by atoms with Gasteiger partial charge in [-0.25, -0.2) is 13.1 Å². The summed E-state index contributed by atoms with van der Waals surface area (Å²) in [5.41, 5.74) is 6.66. The summed E-state index contributed by atoms with van der Waals surface area (Å²) in [7, 11) is -3.51. The molecular formula is C11H14N2O2S. The molecule has 5 heteroatoms. The number of rotatable bonds is 4.